The quantitative estimate of drug-likeness (QED) is 0.0976. The van der Waals surface area contributed by atoms with E-state index in [9.17, 15) is 27.9 Å². The number of nitrogens with one attached hydrogen (secondary N) is 2. The molecule has 3 N–H and O–H groups in total. The highest BCUT2D eigenvalue weighted by atomic mass is 35.5. The van der Waals surface area contributed by atoms with E-state index in [0.717, 1.165) is 11.4 Å². The van der Waals surface area contributed by atoms with Crippen LogP contribution < -0.4 is 20.4 Å². The van der Waals surface area contributed by atoms with Crippen molar-refractivity contribution in [1.82, 2.24) is 9.99 Å². The summed E-state index contributed by atoms with van der Waals surface area (Å²) in [7, 11) is 0. The molecule has 2 aliphatic carbocycles. The summed E-state index contributed by atoms with van der Waals surface area (Å²) in [6.07, 6.45) is -2.39. The highest BCUT2D eigenvalue weighted by Crippen LogP contribution is 2.65. The summed E-state index contributed by atoms with van der Waals surface area (Å²) in [5, 5.41) is 15.8. The number of hydrazine groups is 1. The molecule has 1 aromatic heterocycles. The summed E-state index contributed by atoms with van der Waals surface area (Å²) in [5.41, 5.74) is 2.69. The second-order valence-electron chi connectivity index (χ2n) is 15.6. The van der Waals surface area contributed by atoms with Gasteiger partial charge in [-0.3, -0.25) is 29.5 Å². The van der Waals surface area contributed by atoms with Gasteiger partial charge in [0.2, 0.25) is 11.8 Å². The maximum Gasteiger partial charge on any atom is 0.417 e. The SMILES string of the molecule is CCOc1cccc(C2C3=CCC4C(=O)N(c5ccc(Nc6ccccc6)cc5)C(=O)C4C3CC3C(=O)N(Nc4ncc(C(F)(F)F)cc4Cl)C(=O)C32c2ccc(Cl)cc2)c1O. The van der Waals surface area contributed by atoms with Crippen molar-refractivity contribution < 1.29 is 42.2 Å². The van der Waals surface area contributed by atoms with Crippen LogP contribution in [-0.2, 0) is 30.8 Å². The standard InChI is InChI=1S/C46H36Cl2F3N5O6/c1-2-62-36-10-6-9-32(39(36)57)38-30-19-20-31-37(43(60)55(41(31)58)29-17-15-28(16-18-29)53-27-7-4-3-5-8-27)33(30)22-34-42(59)56(44(61)45(34,38)24-11-13-26(47)14-12-24)54-40-35(48)21-25(23-52-40)46(49,50)51/h3-19,21,23,31,33-34,37-38,53,57H,2,20,22H2,1H3,(H,52,54). The van der Waals surface area contributed by atoms with Gasteiger partial charge >= 0.3 is 6.18 Å². The van der Waals surface area contributed by atoms with Crippen molar-refractivity contribution in [2.45, 2.75) is 37.3 Å². The lowest BCUT2D eigenvalue weighted by Gasteiger charge is -2.50. The highest BCUT2D eigenvalue weighted by molar-refractivity contribution is 6.33. The van der Waals surface area contributed by atoms with Gasteiger partial charge in [-0.15, -0.1) is 0 Å². The summed E-state index contributed by atoms with van der Waals surface area (Å²) in [4.78, 5) is 64.6. The number of para-hydroxylation sites is 2. The number of aromatic nitrogens is 1. The number of ether oxygens (including phenoxy) is 1. The number of fused-ring (bicyclic) bond motifs is 4. The van der Waals surface area contributed by atoms with Crippen LogP contribution in [0.3, 0.4) is 0 Å². The van der Waals surface area contributed by atoms with Crippen molar-refractivity contribution in [2.24, 2.45) is 23.7 Å². The van der Waals surface area contributed by atoms with Crippen LogP contribution in [0.2, 0.25) is 10.0 Å². The van der Waals surface area contributed by atoms with Gasteiger partial charge < -0.3 is 15.2 Å². The minimum atomic E-state index is -4.77. The second kappa shape index (κ2) is 15.5. The van der Waals surface area contributed by atoms with Crippen LogP contribution in [0.15, 0.2) is 121 Å². The fraction of sp³-hybridized carbons (Fsp3) is 0.239. The highest BCUT2D eigenvalue weighted by Gasteiger charge is 2.71. The maximum atomic E-state index is 15.5. The molecule has 316 valence electrons. The molecule has 2 aliphatic heterocycles. The van der Waals surface area contributed by atoms with E-state index < -0.39 is 81.2 Å². The first-order valence-corrected chi connectivity index (χ1v) is 20.6. The van der Waals surface area contributed by atoms with Crippen LogP contribution in [0.4, 0.5) is 36.1 Å². The minimum absolute atomic E-state index is 0.0955. The van der Waals surface area contributed by atoms with E-state index in [1.165, 1.54) is 4.90 Å². The summed E-state index contributed by atoms with van der Waals surface area (Å²) < 4.78 is 46.5. The zero-order valence-electron chi connectivity index (χ0n) is 32.7. The number of hydrogen-bond acceptors (Lipinski definition) is 9. The number of benzene rings is 4. The molecule has 9 rings (SSSR count). The topological polar surface area (TPSA) is 141 Å². The van der Waals surface area contributed by atoms with E-state index in [1.807, 2.05) is 36.4 Å². The predicted molar refractivity (Wildman–Crippen MR) is 225 cm³/mol. The Bertz CT molecular complexity index is 2660. The van der Waals surface area contributed by atoms with Crippen LogP contribution in [-0.4, -0.2) is 45.3 Å². The number of hydrogen-bond donors (Lipinski definition) is 3. The molecule has 6 unspecified atom stereocenters. The van der Waals surface area contributed by atoms with Crippen molar-refractivity contribution >= 4 is 69.7 Å². The van der Waals surface area contributed by atoms with Crippen LogP contribution in [0.5, 0.6) is 11.5 Å². The normalized spacial score (nSPS) is 24.4. The Morgan fingerprint density at radius 1 is 0.871 bits per heavy atom. The molecule has 4 amide bonds. The van der Waals surface area contributed by atoms with Gasteiger partial charge in [0.15, 0.2) is 17.3 Å². The maximum absolute atomic E-state index is 15.5. The molecule has 16 heteroatoms. The van der Waals surface area contributed by atoms with Gasteiger partial charge in [0, 0.05) is 34.1 Å². The lowest BCUT2D eigenvalue weighted by molar-refractivity contribution is -0.139. The van der Waals surface area contributed by atoms with Gasteiger partial charge in [0.25, 0.3) is 11.8 Å². The molecule has 5 aromatic rings. The lowest BCUT2D eigenvalue weighted by Crippen LogP contribution is -2.53. The molecular weight excluding hydrogens is 846 g/mol. The number of halogens is 5. The molecule has 3 heterocycles. The van der Waals surface area contributed by atoms with E-state index in [-0.39, 0.29) is 36.5 Å². The summed E-state index contributed by atoms with van der Waals surface area (Å²) in [6.45, 7) is 1.93. The molecular formula is C46H36Cl2F3N5O6. The molecule has 11 nitrogen and oxygen atoms in total. The van der Waals surface area contributed by atoms with Crippen LogP contribution in [0, 0.1) is 23.7 Å². The molecule has 4 aliphatic rings. The average molecular weight is 883 g/mol. The van der Waals surface area contributed by atoms with Crippen molar-refractivity contribution in [3.63, 3.8) is 0 Å². The van der Waals surface area contributed by atoms with E-state index in [1.54, 1.807) is 73.7 Å². The van der Waals surface area contributed by atoms with Crippen LogP contribution in [0.1, 0.15) is 42.4 Å². The van der Waals surface area contributed by atoms with E-state index >= 15 is 9.59 Å². The molecule has 0 radical (unpaired) electrons. The number of carbonyl (C=O) groups is 4. The number of phenolic OH excluding ortho intramolecular Hbond substituents is 1. The Kier molecular flexibility index (Phi) is 10.3. The second-order valence-corrected chi connectivity index (χ2v) is 16.4. The van der Waals surface area contributed by atoms with Gasteiger partial charge in [-0.25, -0.2) is 4.98 Å². The van der Waals surface area contributed by atoms with Gasteiger partial charge in [0.1, 0.15) is 0 Å². The van der Waals surface area contributed by atoms with Gasteiger partial charge in [-0.2, -0.15) is 18.2 Å². The Labute approximate surface area is 363 Å². The van der Waals surface area contributed by atoms with Crippen molar-refractivity contribution in [2.75, 3.05) is 22.2 Å². The number of aromatic hydroxyl groups is 1. The number of nitrogens with zero attached hydrogens (tertiary/aromatic N) is 3. The van der Waals surface area contributed by atoms with Gasteiger partial charge in [-0.1, -0.05) is 77.3 Å². The third kappa shape index (κ3) is 6.54. The van der Waals surface area contributed by atoms with Crippen LogP contribution >= 0.6 is 23.2 Å². The molecule has 0 spiro atoms. The number of pyridine rings is 1. The van der Waals surface area contributed by atoms with E-state index in [2.05, 4.69) is 15.7 Å². The van der Waals surface area contributed by atoms with Crippen molar-refractivity contribution in [1.29, 1.82) is 0 Å². The first kappa shape index (κ1) is 41.0. The number of anilines is 4. The molecule has 2 saturated heterocycles. The average Bonchev–Trinajstić information content (AvgIpc) is 3.63. The smallest absolute Gasteiger partial charge is 0.417 e. The molecule has 4 aromatic carbocycles. The summed E-state index contributed by atoms with van der Waals surface area (Å²) in [5.74, 6) is -8.03. The Balaban J connectivity index is 1.17. The number of allylic oxidation sites excluding steroid dienone is 2. The molecule has 6 atom stereocenters. The third-order valence-electron chi connectivity index (χ3n) is 12.4. The Morgan fingerprint density at radius 2 is 1.58 bits per heavy atom. The van der Waals surface area contributed by atoms with Crippen LogP contribution in [0.25, 0.3) is 0 Å². The molecule has 1 saturated carbocycles. The predicted octanol–water partition coefficient (Wildman–Crippen LogP) is 9.44. The minimum Gasteiger partial charge on any atom is -0.504 e. The first-order chi connectivity index (χ1) is 29.7. The molecule has 62 heavy (non-hydrogen) atoms. The fourth-order valence-electron chi connectivity index (χ4n) is 9.81. The summed E-state index contributed by atoms with van der Waals surface area (Å²) >= 11 is 12.7. The Morgan fingerprint density at radius 3 is 2.26 bits per heavy atom. The number of amides is 4. The van der Waals surface area contributed by atoms with E-state index in [0.29, 0.717) is 39.1 Å². The summed E-state index contributed by atoms with van der Waals surface area (Å²) in [6, 6.07) is 28.2. The Hall–Kier alpha value is -6.38. The first-order valence-electron chi connectivity index (χ1n) is 19.8. The van der Waals surface area contributed by atoms with E-state index in [4.69, 9.17) is 27.9 Å². The number of alkyl halides is 3. The molecule has 3 fully saturated rings. The largest absolute Gasteiger partial charge is 0.504 e. The van der Waals surface area contributed by atoms with Crippen molar-refractivity contribution in [3.05, 3.63) is 148 Å². The zero-order valence-corrected chi connectivity index (χ0v) is 34.2. The monoisotopic (exact) mass is 881 g/mol. The van der Waals surface area contributed by atoms with Gasteiger partial charge in [0.05, 0.1) is 46.0 Å². The number of carbonyl (C=O) groups excluding carboxylic acids is 4. The lowest BCUT2D eigenvalue weighted by atomic mass is 9.49. The number of phenols is 1. The fourth-order valence-corrected chi connectivity index (χ4v) is 10.1. The third-order valence-corrected chi connectivity index (χ3v) is 12.9. The van der Waals surface area contributed by atoms with Crippen molar-refractivity contribution in [3.8, 4) is 11.5 Å². The van der Waals surface area contributed by atoms with Gasteiger partial charge in [-0.05, 0) is 91.9 Å². The number of rotatable bonds is 9. The zero-order chi connectivity index (χ0) is 43.7. The molecule has 0 bridgehead atoms. The number of imide groups is 2.